The van der Waals surface area contributed by atoms with E-state index in [4.69, 9.17) is 9.47 Å². The number of nitrogens with one attached hydrogen (secondary N) is 1. The van der Waals surface area contributed by atoms with E-state index in [0.717, 1.165) is 5.56 Å². The first-order chi connectivity index (χ1) is 10.8. The second-order valence-electron chi connectivity index (χ2n) is 5.42. The summed E-state index contributed by atoms with van der Waals surface area (Å²) in [5.41, 5.74) is 0.926. The van der Waals surface area contributed by atoms with Gasteiger partial charge in [0.15, 0.2) is 6.29 Å². The first kappa shape index (κ1) is 18.3. The van der Waals surface area contributed by atoms with Gasteiger partial charge in [-0.25, -0.2) is 13.1 Å². The van der Waals surface area contributed by atoms with Gasteiger partial charge in [-0.15, -0.1) is 0 Å². The van der Waals surface area contributed by atoms with Crippen molar-refractivity contribution in [2.75, 3.05) is 13.7 Å². The maximum absolute atomic E-state index is 12.2. The molecule has 1 aromatic carbocycles. The highest BCUT2D eigenvalue weighted by Crippen LogP contribution is 2.21. The Morgan fingerprint density at radius 3 is 2.30 bits per heavy atom. The predicted octanol–water partition coefficient (Wildman–Crippen LogP) is -1.27. The molecule has 1 aromatic rings. The second-order valence-corrected chi connectivity index (χ2v) is 7.18. The lowest BCUT2D eigenvalue weighted by molar-refractivity contribution is -0.287. The molecule has 1 fully saturated rings. The SMILES string of the molecule is CO[C@H]1O[C@H](CNS(=O)(=O)c2ccc(C)cc2)[C@@H](O)[C@H](O)[C@@H]1O. The molecular formula is C14H21NO7S. The van der Waals surface area contributed by atoms with Gasteiger partial charge in [0, 0.05) is 13.7 Å². The van der Waals surface area contributed by atoms with E-state index in [1.54, 1.807) is 12.1 Å². The van der Waals surface area contributed by atoms with E-state index >= 15 is 0 Å². The topological polar surface area (TPSA) is 125 Å². The van der Waals surface area contributed by atoms with Gasteiger partial charge in [-0.3, -0.25) is 0 Å². The molecule has 130 valence electrons. The number of hydrogen-bond donors (Lipinski definition) is 4. The molecule has 0 spiro atoms. The fraction of sp³-hybridized carbons (Fsp3) is 0.571. The lowest BCUT2D eigenvalue weighted by Crippen LogP contribution is -2.60. The molecule has 9 heteroatoms. The van der Waals surface area contributed by atoms with Gasteiger partial charge in [0.1, 0.15) is 24.4 Å². The van der Waals surface area contributed by atoms with Crippen LogP contribution in [0.3, 0.4) is 0 Å². The van der Waals surface area contributed by atoms with Gasteiger partial charge in [-0.1, -0.05) is 17.7 Å². The minimum absolute atomic E-state index is 0.0808. The smallest absolute Gasteiger partial charge is 0.240 e. The summed E-state index contributed by atoms with van der Waals surface area (Å²) < 4.78 is 36.8. The van der Waals surface area contributed by atoms with Crippen LogP contribution in [0.25, 0.3) is 0 Å². The zero-order valence-electron chi connectivity index (χ0n) is 12.8. The molecule has 0 amide bonds. The molecule has 4 N–H and O–H groups in total. The van der Waals surface area contributed by atoms with Gasteiger partial charge < -0.3 is 24.8 Å². The van der Waals surface area contributed by atoms with Crippen molar-refractivity contribution < 1.29 is 33.2 Å². The monoisotopic (exact) mass is 347 g/mol. The number of methoxy groups -OCH3 is 1. The Bertz CT molecular complexity index is 617. The Labute approximate surface area is 134 Å². The molecule has 0 unspecified atom stereocenters. The summed E-state index contributed by atoms with van der Waals surface area (Å²) in [6.45, 7) is 1.56. The lowest BCUT2D eigenvalue weighted by atomic mass is 9.99. The summed E-state index contributed by atoms with van der Waals surface area (Å²) >= 11 is 0. The third-order valence-corrected chi connectivity index (χ3v) is 5.15. The third-order valence-electron chi connectivity index (χ3n) is 3.71. The van der Waals surface area contributed by atoms with Crippen molar-refractivity contribution in [3.8, 4) is 0 Å². The number of aliphatic hydroxyl groups excluding tert-OH is 3. The molecule has 23 heavy (non-hydrogen) atoms. The molecule has 2 rings (SSSR count). The Kier molecular flexibility index (Phi) is 5.74. The average Bonchev–Trinajstić information content (AvgIpc) is 2.52. The van der Waals surface area contributed by atoms with Crippen molar-refractivity contribution in [3.63, 3.8) is 0 Å². The van der Waals surface area contributed by atoms with E-state index in [2.05, 4.69) is 4.72 Å². The van der Waals surface area contributed by atoms with E-state index < -0.39 is 40.7 Å². The van der Waals surface area contributed by atoms with Gasteiger partial charge in [0.05, 0.1) is 4.90 Å². The maximum Gasteiger partial charge on any atom is 0.240 e. The summed E-state index contributed by atoms with van der Waals surface area (Å²) in [6, 6.07) is 6.27. The van der Waals surface area contributed by atoms with E-state index in [1.165, 1.54) is 19.2 Å². The normalized spacial score (nSPS) is 32.0. The Morgan fingerprint density at radius 1 is 1.13 bits per heavy atom. The van der Waals surface area contributed by atoms with Crippen molar-refractivity contribution in [3.05, 3.63) is 29.8 Å². The first-order valence-corrected chi connectivity index (χ1v) is 8.53. The molecule has 0 bridgehead atoms. The van der Waals surface area contributed by atoms with Crippen molar-refractivity contribution in [1.29, 1.82) is 0 Å². The van der Waals surface area contributed by atoms with Crippen molar-refractivity contribution in [1.82, 2.24) is 4.72 Å². The highest BCUT2D eigenvalue weighted by atomic mass is 32.2. The summed E-state index contributed by atoms with van der Waals surface area (Å²) in [6.07, 6.45) is -6.57. The molecule has 1 aliphatic rings. The minimum atomic E-state index is -3.78. The standard InChI is InChI=1S/C14H21NO7S/c1-8-3-5-9(6-4-8)23(19,20)15-7-10-11(16)12(17)13(18)14(21-2)22-10/h3-6,10-18H,7H2,1-2H3/t10-,11-,12+,13+,14+/m1/s1. The van der Waals surface area contributed by atoms with Gasteiger partial charge in [0.25, 0.3) is 0 Å². The van der Waals surface area contributed by atoms with E-state index in [-0.39, 0.29) is 11.4 Å². The van der Waals surface area contributed by atoms with Crippen molar-refractivity contribution in [2.24, 2.45) is 0 Å². The maximum atomic E-state index is 12.2. The molecule has 0 radical (unpaired) electrons. The van der Waals surface area contributed by atoms with Crippen LogP contribution in [0.5, 0.6) is 0 Å². The minimum Gasteiger partial charge on any atom is -0.388 e. The summed E-state index contributed by atoms with van der Waals surface area (Å²) in [4.78, 5) is 0.0808. The molecule has 0 aromatic heterocycles. The van der Waals surface area contributed by atoms with Crippen LogP contribution in [0.15, 0.2) is 29.2 Å². The zero-order valence-corrected chi connectivity index (χ0v) is 13.6. The molecule has 1 heterocycles. The highest BCUT2D eigenvalue weighted by Gasteiger charge is 2.44. The second kappa shape index (κ2) is 7.22. The number of aliphatic hydroxyl groups is 3. The van der Waals surface area contributed by atoms with Gasteiger partial charge in [0.2, 0.25) is 10.0 Å². The number of aryl methyl sites for hydroxylation is 1. The van der Waals surface area contributed by atoms with Crippen molar-refractivity contribution >= 4 is 10.0 Å². The van der Waals surface area contributed by atoms with Crippen LogP contribution in [0.4, 0.5) is 0 Å². The van der Waals surface area contributed by atoms with E-state index in [0.29, 0.717) is 0 Å². The van der Waals surface area contributed by atoms with E-state index in [9.17, 15) is 23.7 Å². The van der Waals surface area contributed by atoms with Crippen LogP contribution in [0.1, 0.15) is 5.56 Å². The third kappa shape index (κ3) is 4.07. The average molecular weight is 347 g/mol. The Balaban J connectivity index is 2.05. The Morgan fingerprint density at radius 2 is 1.74 bits per heavy atom. The molecule has 5 atom stereocenters. The summed E-state index contributed by atoms with van der Waals surface area (Å²) in [7, 11) is -2.51. The van der Waals surface area contributed by atoms with Crippen LogP contribution in [-0.4, -0.2) is 68.1 Å². The Hall–Kier alpha value is -1.07. The summed E-state index contributed by atoms with van der Waals surface area (Å²) in [5.74, 6) is 0. The molecule has 0 saturated carbocycles. The number of rotatable bonds is 5. The number of ether oxygens (including phenoxy) is 2. The van der Waals surface area contributed by atoms with Crippen LogP contribution in [0, 0.1) is 6.92 Å². The number of benzene rings is 1. The van der Waals surface area contributed by atoms with Crippen molar-refractivity contribution in [2.45, 2.75) is 42.5 Å². The molecule has 1 saturated heterocycles. The van der Waals surface area contributed by atoms with Gasteiger partial charge in [-0.2, -0.15) is 0 Å². The van der Waals surface area contributed by atoms with Crippen LogP contribution in [0.2, 0.25) is 0 Å². The van der Waals surface area contributed by atoms with Crippen LogP contribution < -0.4 is 4.72 Å². The predicted molar refractivity (Wildman–Crippen MR) is 80.1 cm³/mol. The molecule has 0 aliphatic carbocycles. The zero-order chi connectivity index (χ0) is 17.2. The van der Waals surface area contributed by atoms with Gasteiger partial charge in [-0.05, 0) is 19.1 Å². The molecule has 8 nitrogen and oxygen atoms in total. The lowest BCUT2D eigenvalue weighted by Gasteiger charge is -2.39. The largest absolute Gasteiger partial charge is 0.388 e. The molecule has 1 aliphatic heterocycles. The van der Waals surface area contributed by atoms with Crippen LogP contribution in [-0.2, 0) is 19.5 Å². The quantitative estimate of drug-likeness (QED) is 0.523. The summed E-state index contributed by atoms with van der Waals surface area (Å²) in [5, 5.41) is 29.3. The number of hydrogen-bond acceptors (Lipinski definition) is 7. The van der Waals surface area contributed by atoms with E-state index in [1.807, 2.05) is 6.92 Å². The first-order valence-electron chi connectivity index (χ1n) is 7.05. The fourth-order valence-electron chi connectivity index (χ4n) is 2.27. The van der Waals surface area contributed by atoms with Gasteiger partial charge >= 0.3 is 0 Å². The fourth-order valence-corrected chi connectivity index (χ4v) is 3.32. The highest BCUT2D eigenvalue weighted by molar-refractivity contribution is 7.89. The van der Waals surface area contributed by atoms with Crippen LogP contribution >= 0.6 is 0 Å². The number of sulfonamides is 1. The molecular weight excluding hydrogens is 326 g/mol.